The Balaban J connectivity index is 1.37. The van der Waals surface area contributed by atoms with Crippen molar-refractivity contribution in [1.29, 1.82) is 0 Å². The predicted molar refractivity (Wildman–Crippen MR) is 131 cm³/mol. The molecule has 8 heteroatoms. The maximum Gasteiger partial charge on any atom is 0.181 e. The van der Waals surface area contributed by atoms with Crippen molar-refractivity contribution < 1.29 is 0 Å². The van der Waals surface area contributed by atoms with E-state index in [1.807, 2.05) is 6.07 Å². The number of hydrogen-bond acceptors (Lipinski definition) is 6. The van der Waals surface area contributed by atoms with E-state index in [9.17, 15) is 0 Å². The lowest BCUT2D eigenvalue weighted by atomic mass is 9.89. The number of nitrogens with zero attached hydrogens (tertiary/aromatic N) is 7. The van der Waals surface area contributed by atoms with Gasteiger partial charge in [-0.25, -0.2) is 14.8 Å². The zero-order valence-corrected chi connectivity index (χ0v) is 19.8. The number of aryl methyl sites for hydroxylation is 1. The number of aromatic nitrogens is 8. The van der Waals surface area contributed by atoms with Crippen LogP contribution in [0.5, 0.6) is 0 Å². The summed E-state index contributed by atoms with van der Waals surface area (Å²) in [5.74, 6) is 3.28. The van der Waals surface area contributed by atoms with Gasteiger partial charge in [-0.2, -0.15) is 5.10 Å². The van der Waals surface area contributed by atoms with Gasteiger partial charge in [-0.15, -0.1) is 5.10 Å². The molecule has 4 aromatic rings. The molecule has 1 N–H and O–H groups in total. The first kappa shape index (κ1) is 22.4. The Morgan fingerprint density at radius 2 is 1.85 bits per heavy atom. The maximum atomic E-state index is 5.05. The summed E-state index contributed by atoms with van der Waals surface area (Å²) in [5.41, 5.74) is 4.26. The van der Waals surface area contributed by atoms with Crippen LogP contribution in [-0.4, -0.2) is 40.4 Å². The van der Waals surface area contributed by atoms with Gasteiger partial charge in [-0.3, -0.25) is 4.98 Å². The zero-order valence-electron chi connectivity index (χ0n) is 19.8. The van der Waals surface area contributed by atoms with E-state index in [0.717, 1.165) is 47.7 Å². The summed E-state index contributed by atoms with van der Waals surface area (Å²) >= 11 is 0. The van der Waals surface area contributed by atoms with Crippen molar-refractivity contribution in [2.45, 2.75) is 77.2 Å². The summed E-state index contributed by atoms with van der Waals surface area (Å²) < 4.78 is 2.17. The third kappa shape index (κ3) is 5.05. The lowest BCUT2D eigenvalue weighted by Gasteiger charge is -2.18. The first-order valence-corrected chi connectivity index (χ1v) is 12.5. The van der Waals surface area contributed by atoms with Crippen LogP contribution in [-0.2, 0) is 13.0 Å². The molecular weight excluding hydrogens is 424 g/mol. The lowest BCUT2D eigenvalue weighted by molar-refractivity contribution is 0.424. The highest BCUT2D eigenvalue weighted by molar-refractivity contribution is 5.79. The number of H-pyrrole nitrogens is 1. The molecule has 5 rings (SSSR count). The minimum Gasteiger partial charge on any atom is -0.264 e. The molecule has 0 atom stereocenters. The van der Waals surface area contributed by atoms with Gasteiger partial charge in [-0.05, 0) is 52.4 Å². The smallest absolute Gasteiger partial charge is 0.181 e. The second-order valence-electron chi connectivity index (χ2n) is 9.20. The van der Waals surface area contributed by atoms with Crippen LogP contribution in [0.3, 0.4) is 0 Å². The number of aromatic amines is 1. The number of unbranched alkanes of at least 4 members (excludes halogenated alkanes) is 2. The predicted octanol–water partition coefficient (Wildman–Crippen LogP) is 5.35. The van der Waals surface area contributed by atoms with E-state index in [1.165, 1.54) is 50.5 Å². The molecule has 0 spiro atoms. The van der Waals surface area contributed by atoms with E-state index in [4.69, 9.17) is 10.1 Å². The Hall–Kier alpha value is -3.42. The highest BCUT2D eigenvalue weighted by Crippen LogP contribution is 2.32. The molecule has 176 valence electrons. The van der Waals surface area contributed by atoms with E-state index < -0.39 is 0 Å². The molecule has 1 saturated carbocycles. The summed E-state index contributed by atoms with van der Waals surface area (Å²) in [6.07, 6.45) is 14.4. The monoisotopic (exact) mass is 456 g/mol. The average molecular weight is 457 g/mol. The van der Waals surface area contributed by atoms with E-state index in [1.54, 1.807) is 12.4 Å². The Morgan fingerprint density at radius 3 is 2.62 bits per heavy atom. The maximum absolute atomic E-state index is 5.05. The third-order valence-corrected chi connectivity index (χ3v) is 6.76. The van der Waals surface area contributed by atoms with Crippen molar-refractivity contribution in [2.75, 3.05) is 0 Å². The second-order valence-corrected chi connectivity index (χ2v) is 9.20. The molecule has 1 aliphatic carbocycles. The Kier molecular flexibility index (Phi) is 7.02. The molecule has 1 fully saturated rings. The third-order valence-electron chi connectivity index (χ3n) is 6.76. The van der Waals surface area contributed by atoms with Gasteiger partial charge >= 0.3 is 0 Å². The second kappa shape index (κ2) is 10.7. The number of hydrogen-bond donors (Lipinski definition) is 1. The van der Waals surface area contributed by atoms with Crippen LogP contribution >= 0.6 is 0 Å². The van der Waals surface area contributed by atoms with E-state index >= 15 is 0 Å². The van der Waals surface area contributed by atoms with Gasteiger partial charge < -0.3 is 0 Å². The Bertz CT molecular complexity index is 1170. The summed E-state index contributed by atoms with van der Waals surface area (Å²) in [6, 6.07) is 10.7. The molecule has 0 radical (unpaired) electrons. The van der Waals surface area contributed by atoms with Gasteiger partial charge in [0.15, 0.2) is 11.6 Å². The summed E-state index contributed by atoms with van der Waals surface area (Å²) in [6.45, 7) is 3.19. The molecule has 1 aromatic carbocycles. The highest BCUT2D eigenvalue weighted by atomic mass is 15.5. The van der Waals surface area contributed by atoms with E-state index in [0.29, 0.717) is 11.7 Å². The summed E-state index contributed by atoms with van der Waals surface area (Å²) in [4.78, 5) is 9.30. The van der Waals surface area contributed by atoms with Crippen molar-refractivity contribution in [1.82, 2.24) is 40.4 Å². The first-order chi connectivity index (χ1) is 16.8. The number of rotatable bonds is 9. The van der Waals surface area contributed by atoms with Crippen LogP contribution < -0.4 is 0 Å². The normalized spacial score (nSPS) is 14.5. The molecule has 0 amide bonds. The number of nitrogens with one attached hydrogen (secondary N) is 1. The Morgan fingerprint density at radius 1 is 1.00 bits per heavy atom. The van der Waals surface area contributed by atoms with Crippen LogP contribution in [0, 0.1) is 0 Å². The van der Waals surface area contributed by atoms with E-state index in [-0.39, 0.29) is 0 Å². The molecule has 3 aromatic heterocycles. The molecule has 8 nitrogen and oxygen atoms in total. The lowest BCUT2D eigenvalue weighted by Crippen LogP contribution is -2.08. The largest absolute Gasteiger partial charge is 0.264 e. The summed E-state index contributed by atoms with van der Waals surface area (Å²) in [5, 5.41) is 19.3. The van der Waals surface area contributed by atoms with Crippen molar-refractivity contribution in [3.63, 3.8) is 0 Å². The van der Waals surface area contributed by atoms with Crippen LogP contribution in [0.4, 0.5) is 0 Å². The minimum absolute atomic E-state index is 0.526. The van der Waals surface area contributed by atoms with Crippen LogP contribution in [0.15, 0.2) is 42.7 Å². The fraction of sp³-hybridized carbons (Fsp3) is 0.462. The fourth-order valence-electron chi connectivity index (χ4n) is 4.84. The molecule has 34 heavy (non-hydrogen) atoms. The quantitative estimate of drug-likeness (QED) is 0.341. The molecule has 3 heterocycles. The van der Waals surface area contributed by atoms with Crippen molar-refractivity contribution in [3.05, 3.63) is 59.9 Å². The fourth-order valence-corrected chi connectivity index (χ4v) is 4.84. The van der Waals surface area contributed by atoms with Crippen LogP contribution in [0.2, 0.25) is 0 Å². The topological polar surface area (TPSA) is 98.1 Å². The molecule has 0 saturated heterocycles. The van der Waals surface area contributed by atoms with Gasteiger partial charge in [0, 0.05) is 36.8 Å². The van der Waals surface area contributed by atoms with Gasteiger partial charge in [0.1, 0.15) is 5.82 Å². The molecule has 1 aliphatic rings. The molecule has 0 bridgehead atoms. The number of pyridine rings is 1. The van der Waals surface area contributed by atoms with Gasteiger partial charge in [-0.1, -0.05) is 63.3 Å². The zero-order chi connectivity index (χ0) is 23.2. The number of tetrazole rings is 1. The highest BCUT2D eigenvalue weighted by Gasteiger charge is 2.21. The van der Waals surface area contributed by atoms with E-state index in [2.05, 4.69) is 61.5 Å². The average Bonchev–Trinajstić information content (AvgIpc) is 3.56. The van der Waals surface area contributed by atoms with Crippen molar-refractivity contribution >= 4 is 0 Å². The number of benzene rings is 1. The van der Waals surface area contributed by atoms with Gasteiger partial charge in [0.05, 0.1) is 0 Å². The molecule has 0 unspecified atom stereocenters. The van der Waals surface area contributed by atoms with Gasteiger partial charge in [0.25, 0.3) is 0 Å². The van der Waals surface area contributed by atoms with Crippen LogP contribution in [0.25, 0.3) is 22.5 Å². The SMILES string of the molecule is CCCCCn1nc(C2CCCCC2)nc1Cc1ccc(-c2ccncc2-c2nnn[nH]2)cc1. The Labute approximate surface area is 200 Å². The van der Waals surface area contributed by atoms with Crippen LogP contribution in [0.1, 0.15) is 81.4 Å². The molecular formula is C26H32N8. The summed E-state index contributed by atoms with van der Waals surface area (Å²) in [7, 11) is 0. The standard InChI is InChI=1S/C26H32N8/c1-2-3-7-16-34-24(28-25(31-34)21-8-5-4-6-9-21)17-19-10-12-20(13-11-19)22-14-15-27-18-23(22)26-29-32-33-30-26/h10-15,18,21H,2-9,16-17H2,1H3,(H,29,30,32,33). The first-order valence-electron chi connectivity index (χ1n) is 12.5. The minimum atomic E-state index is 0.526. The van der Waals surface area contributed by atoms with Gasteiger partial charge in [0.2, 0.25) is 0 Å². The van der Waals surface area contributed by atoms with Crippen molar-refractivity contribution in [2.24, 2.45) is 0 Å². The van der Waals surface area contributed by atoms with Crippen molar-refractivity contribution in [3.8, 4) is 22.5 Å². The molecule has 0 aliphatic heterocycles.